The molecular formula is C13H16ClN. The molecule has 0 unspecified atom stereocenters. The van der Waals surface area contributed by atoms with Gasteiger partial charge in [-0.05, 0) is 37.1 Å². The molecule has 0 spiro atoms. The molecular weight excluding hydrogens is 206 g/mol. The zero-order valence-electron chi connectivity index (χ0n) is 9.02. The van der Waals surface area contributed by atoms with Crippen molar-refractivity contribution >= 4 is 22.5 Å². The molecule has 1 heterocycles. The number of halogens is 1. The normalized spacial score (nSPS) is 11.1. The average Bonchev–Trinajstić information content (AvgIpc) is 2.60. The molecule has 0 aliphatic rings. The molecule has 0 fully saturated rings. The zero-order valence-corrected chi connectivity index (χ0v) is 9.77. The molecule has 0 aliphatic carbocycles. The number of H-pyrrole nitrogens is 1. The minimum Gasteiger partial charge on any atom is -0.358 e. The lowest BCUT2D eigenvalue weighted by atomic mass is 10.1. The summed E-state index contributed by atoms with van der Waals surface area (Å²) in [5, 5.41) is 2.02. The van der Waals surface area contributed by atoms with Gasteiger partial charge >= 0.3 is 0 Å². The number of unbranched alkanes of at least 4 members (excludes halogenated alkanes) is 2. The van der Waals surface area contributed by atoms with Crippen LogP contribution in [0, 0.1) is 0 Å². The molecule has 0 saturated carbocycles. The first kappa shape index (κ1) is 10.6. The first-order valence-electron chi connectivity index (χ1n) is 5.57. The highest BCUT2D eigenvalue weighted by atomic mass is 35.5. The molecule has 2 heteroatoms. The van der Waals surface area contributed by atoms with Gasteiger partial charge in [-0.3, -0.25) is 0 Å². The van der Waals surface area contributed by atoms with Crippen molar-refractivity contribution in [3.8, 4) is 0 Å². The van der Waals surface area contributed by atoms with Crippen molar-refractivity contribution in [3.05, 3.63) is 35.0 Å². The predicted octanol–water partition coefficient (Wildman–Crippen LogP) is 4.55. The van der Waals surface area contributed by atoms with E-state index in [1.807, 2.05) is 18.2 Å². The fourth-order valence-electron chi connectivity index (χ4n) is 1.86. The third-order valence-corrected chi connectivity index (χ3v) is 2.92. The van der Waals surface area contributed by atoms with Gasteiger partial charge in [-0.2, -0.15) is 0 Å². The van der Waals surface area contributed by atoms with Crippen LogP contribution in [-0.4, -0.2) is 4.98 Å². The third-order valence-electron chi connectivity index (χ3n) is 2.69. The molecule has 80 valence electrons. The lowest BCUT2D eigenvalue weighted by Crippen LogP contribution is -1.84. The van der Waals surface area contributed by atoms with E-state index in [-0.39, 0.29) is 0 Å². The first-order valence-corrected chi connectivity index (χ1v) is 5.94. The lowest BCUT2D eigenvalue weighted by Gasteiger charge is -1.95. The Balaban J connectivity index is 2.16. The number of nitrogens with one attached hydrogen (secondary N) is 1. The smallest absolute Gasteiger partial charge is 0.0457 e. The van der Waals surface area contributed by atoms with E-state index in [2.05, 4.69) is 18.0 Å². The monoisotopic (exact) mass is 221 g/mol. The van der Waals surface area contributed by atoms with E-state index in [0.29, 0.717) is 0 Å². The molecule has 1 aromatic carbocycles. The largest absolute Gasteiger partial charge is 0.358 e. The molecule has 0 bridgehead atoms. The molecule has 0 amide bonds. The quantitative estimate of drug-likeness (QED) is 0.729. The summed E-state index contributed by atoms with van der Waals surface area (Å²) in [5.41, 5.74) is 2.51. The summed E-state index contributed by atoms with van der Waals surface area (Å²) in [6.07, 6.45) is 4.97. The van der Waals surface area contributed by atoms with Crippen LogP contribution in [0.1, 0.15) is 31.9 Å². The van der Waals surface area contributed by atoms with Gasteiger partial charge in [-0.1, -0.05) is 31.4 Å². The van der Waals surface area contributed by atoms with Crippen molar-refractivity contribution < 1.29 is 0 Å². The van der Waals surface area contributed by atoms with Crippen LogP contribution >= 0.6 is 11.6 Å². The molecule has 0 aliphatic heterocycles. The zero-order chi connectivity index (χ0) is 10.7. The first-order chi connectivity index (χ1) is 7.29. The minimum atomic E-state index is 0.807. The standard InChI is InChI=1S/C13H16ClN/c1-2-3-4-5-12-9-10-8-11(14)6-7-13(10)15-12/h6-9,15H,2-5H2,1H3. The number of fused-ring (bicyclic) bond motifs is 1. The van der Waals surface area contributed by atoms with Crippen molar-refractivity contribution in [2.24, 2.45) is 0 Å². The number of aryl methyl sites for hydroxylation is 1. The Morgan fingerprint density at radius 3 is 2.87 bits per heavy atom. The summed E-state index contributed by atoms with van der Waals surface area (Å²) in [6.45, 7) is 2.23. The van der Waals surface area contributed by atoms with Gasteiger partial charge in [-0.25, -0.2) is 0 Å². The molecule has 0 saturated heterocycles. The second-order valence-electron chi connectivity index (χ2n) is 3.98. The van der Waals surface area contributed by atoms with Crippen LogP contribution in [0.2, 0.25) is 5.02 Å². The summed E-state index contributed by atoms with van der Waals surface area (Å²) >= 11 is 5.94. The highest BCUT2D eigenvalue weighted by Gasteiger charge is 2.00. The van der Waals surface area contributed by atoms with E-state index in [1.165, 1.54) is 35.9 Å². The predicted molar refractivity (Wildman–Crippen MR) is 66.5 cm³/mol. The van der Waals surface area contributed by atoms with Gasteiger partial charge in [0.15, 0.2) is 0 Å². The van der Waals surface area contributed by atoms with E-state index in [9.17, 15) is 0 Å². The van der Waals surface area contributed by atoms with Gasteiger partial charge in [0.05, 0.1) is 0 Å². The van der Waals surface area contributed by atoms with Crippen LogP contribution in [0.15, 0.2) is 24.3 Å². The topological polar surface area (TPSA) is 15.8 Å². The van der Waals surface area contributed by atoms with Gasteiger partial charge in [0.2, 0.25) is 0 Å². The second kappa shape index (κ2) is 4.71. The van der Waals surface area contributed by atoms with Crippen LogP contribution < -0.4 is 0 Å². The number of hydrogen-bond acceptors (Lipinski definition) is 0. The maximum absolute atomic E-state index is 5.94. The number of rotatable bonds is 4. The van der Waals surface area contributed by atoms with Crippen LogP contribution in [0.3, 0.4) is 0 Å². The van der Waals surface area contributed by atoms with Crippen LogP contribution in [0.4, 0.5) is 0 Å². The summed E-state index contributed by atoms with van der Waals surface area (Å²) in [6, 6.07) is 8.19. The summed E-state index contributed by atoms with van der Waals surface area (Å²) in [7, 11) is 0. The van der Waals surface area contributed by atoms with Crippen molar-refractivity contribution in [3.63, 3.8) is 0 Å². The Labute approximate surface area is 95.5 Å². The van der Waals surface area contributed by atoms with E-state index in [4.69, 9.17) is 11.6 Å². The highest BCUT2D eigenvalue weighted by Crippen LogP contribution is 2.20. The number of aromatic amines is 1. The maximum Gasteiger partial charge on any atom is 0.0457 e. The minimum absolute atomic E-state index is 0.807. The summed E-state index contributed by atoms with van der Waals surface area (Å²) in [5.74, 6) is 0. The average molecular weight is 222 g/mol. The number of aromatic nitrogens is 1. The van der Waals surface area contributed by atoms with Crippen LogP contribution in [0.5, 0.6) is 0 Å². The van der Waals surface area contributed by atoms with Gasteiger partial charge < -0.3 is 4.98 Å². The summed E-state index contributed by atoms with van der Waals surface area (Å²) < 4.78 is 0. The molecule has 1 N–H and O–H groups in total. The van der Waals surface area contributed by atoms with Crippen LogP contribution in [-0.2, 0) is 6.42 Å². The third kappa shape index (κ3) is 2.54. The molecule has 2 rings (SSSR count). The highest BCUT2D eigenvalue weighted by molar-refractivity contribution is 6.31. The fraction of sp³-hybridized carbons (Fsp3) is 0.385. The Hall–Kier alpha value is -0.950. The molecule has 0 radical (unpaired) electrons. The number of hydrogen-bond donors (Lipinski definition) is 1. The van der Waals surface area contributed by atoms with Gasteiger partial charge in [0.1, 0.15) is 0 Å². The van der Waals surface area contributed by atoms with Crippen LogP contribution in [0.25, 0.3) is 10.9 Å². The van der Waals surface area contributed by atoms with E-state index in [0.717, 1.165) is 11.4 Å². The number of benzene rings is 1. The second-order valence-corrected chi connectivity index (χ2v) is 4.42. The van der Waals surface area contributed by atoms with Crippen molar-refractivity contribution in [2.75, 3.05) is 0 Å². The molecule has 15 heavy (non-hydrogen) atoms. The Morgan fingerprint density at radius 2 is 2.07 bits per heavy atom. The fourth-order valence-corrected chi connectivity index (χ4v) is 2.04. The van der Waals surface area contributed by atoms with E-state index >= 15 is 0 Å². The molecule has 0 atom stereocenters. The SMILES string of the molecule is CCCCCc1cc2cc(Cl)ccc2[nH]1. The van der Waals surface area contributed by atoms with Gasteiger partial charge in [-0.15, -0.1) is 0 Å². The Bertz CT molecular complexity index is 445. The molecule has 2 aromatic rings. The van der Waals surface area contributed by atoms with E-state index < -0.39 is 0 Å². The van der Waals surface area contributed by atoms with E-state index in [1.54, 1.807) is 0 Å². The maximum atomic E-state index is 5.94. The Morgan fingerprint density at radius 1 is 1.20 bits per heavy atom. The van der Waals surface area contributed by atoms with Crippen molar-refractivity contribution in [1.29, 1.82) is 0 Å². The Kier molecular flexibility index (Phi) is 3.32. The van der Waals surface area contributed by atoms with Gasteiger partial charge in [0, 0.05) is 21.6 Å². The lowest BCUT2D eigenvalue weighted by molar-refractivity contribution is 0.710. The molecule has 1 nitrogen and oxygen atoms in total. The molecule has 1 aromatic heterocycles. The summed E-state index contributed by atoms with van der Waals surface area (Å²) in [4.78, 5) is 3.42. The van der Waals surface area contributed by atoms with Crippen molar-refractivity contribution in [2.45, 2.75) is 32.6 Å². The van der Waals surface area contributed by atoms with Gasteiger partial charge in [0.25, 0.3) is 0 Å². The van der Waals surface area contributed by atoms with Crippen molar-refractivity contribution in [1.82, 2.24) is 4.98 Å².